The summed E-state index contributed by atoms with van der Waals surface area (Å²) in [4.78, 5) is 125. The van der Waals surface area contributed by atoms with E-state index in [0.717, 1.165) is 82.9 Å². The van der Waals surface area contributed by atoms with Gasteiger partial charge in [0, 0.05) is 51.2 Å². The predicted molar refractivity (Wildman–Crippen MR) is 533 cm³/mol. The predicted octanol–water partition coefficient (Wildman–Crippen LogP) is 11.8. The maximum Gasteiger partial charge on any atom is 0.407 e. The second-order valence-corrected chi connectivity index (χ2v) is 35.7. The first kappa shape index (κ1) is 126. The number of aryl methyl sites for hydroxylation is 1. The third-order valence-electron chi connectivity index (χ3n) is 23.0. The number of ether oxygens (including phenoxy) is 15. The number of carbonyl (C=O) groups excluding carboxylic acids is 1. The number of fused-ring (bicyclic) bond motifs is 6. The van der Waals surface area contributed by atoms with Crippen LogP contribution in [0.25, 0.3) is 44.5 Å². The van der Waals surface area contributed by atoms with Gasteiger partial charge in [0.25, 0.3) is 0 Å². The fourth-order valence-corrected chi connectivity index (χ4v) is 15.1. The quantitative estimate of drug-likeness (QED) is 0.0141. The first-order valence-corrected chi connectivity index (χ1v) is 50.8. The third-order valence-corrected chi connectivity index (χ3v) is 23.0. The Balaban J connectivity index is 0.853. The maximum atomic E-state index is 12.8. The second kappa shape index (κ2) is 78.6. The summed E-state index contributed by atoms with van der Waals surface area (Å²) in [7, 11) is 3.52. The Morgan fingerprint density at radius 3 is 0.911 bits per heavy atom. The van der Waals surface area contributed by atoms with Gasteiger partial charge in [-0.05, 0) is 190 Å². The summed E-state index contributed by atoms with van der Waals surface area (Å²) in [6.07, 6.45) is 6.14. The van der Waals surface area contributed by atoms with Gasteiger partial charge in [-0.25, -0.2) is 103 Å². The summed E-state index contributed by atoms with van der Waals surface area (Å²) in [5.74, 6) is -0.809. The van der Waals surface area contributed by atoms with Crippen molar-refractivity contribution < 1.29 is 193 Å². The second-order valence-electron chi connectivity index (χ2n) is 35.7. The van der Waals surface area contributed by atoms with Crippen LogP contribution >= 0.6 is 0 Å². The Labute approximate surface area is 861 Å². The van der Waals surface area contributed by atoms with Crippen LogP contribution in [0.2, 0.25) is 0 Å². The number of benzene rings is 5. The summed E-state index contributed by atoms with van der Waals surface area (Å²) in [6.45, 7) is 29.9. The molecule has 7 rings (SSSR count). The number of methoxy groups -OCH3 is 2. The Morgan fingerprint density at radius 1 is 0.308 bits per heavy atom. The minimum Gasteiger partial charge on any atom is -0.481 e. The maximum absolute atomic E-state index is 12.8. The number of aliphatic hydroxyl groups is 1. The number of alkyl carbamates (subject to hydrolysis) is 1. The number of rotatable bonds is 99. The molecule has 42 heteroatoms. The molecule has 1 amide bonds. The molecule has 5 aromatic carbocycles. The summed E-state index contributed by atoms with van der Waals surface area (Å²) in [5, 5.41) is 23.5. The summed E-state index contributed by atoms with van der Waals surface area (Å²) < 4.78 is 90.9. The number of amides is 1. The summed E-state index contributed by atoms with van der Waals surface area (Å²) in [6, 6.07) is 35.8. The Bertz CT molecular complexity index is 4110. The molecule has 0 radical (unpaired) electrons. The molecule has 0 saturated heterocycles. The Kier molecular flexibility index (Phi) is 68.0. The molecule has 2 unspecified atom stereocenters. The first-order chi connectivity index (χ1) is 71.2. The van der Waals surface area contributed by atoms with Crippen LogP contribution in [0.15, 0.2) is 97.1 Å². The lowest BCUT2D eigenvalue weighted by Gasteiger charge is -2.37. The lowest BCUT2D eigenvalue weighted by atomic mass is 9.70. The van der Waals surface area contributed by atoms with Crippen LogP contribution in [0.4, 0.5) is 4.79 Å². The number of aliphatic carboxylic acids is 1. The molecule has 0 fully saturated rings. The Hall–Kier alpha value is -6.54. The fraction of sp³-hybridized carbons (Fsp3) is 0.692. The van der Waals surface area contributed by atoms with Crippen molar-refractivity contribution in [2.24, 2.45) is 0 Å². The highest BCUT2D eigenvalue weighted by molar-refractivity contribution is 6.47. The lowest BCUT2D eigenvalue weighted by Crippen LogP contribution is -2.49. The van der Waals surface area contributed by atoms with Crippen molar-refractivity contribution in [3.8, 4) is 44.5 Å². The van der Waals surface area contributed by atoms with Gasteiger partial charge >= 0.3 is 19.5 Å². The first-order valence-electron chi connectivity index (χ1n) is 50.8. The van der Waals surface area contributed by atoms with E-state index in [9.17, 15) is 19.8 Å². The van der Waals surface area contributed by atoms with Crippen LogP contribution in [-0.2, 0) is 196 Å². The van der Waals surface area contributed by atoms with Gasteiger partial charge in [-0.15, -0.1) is 0 Å². The van der Waals surface area contributed by atoms with E-state index in [4.69, 9.17) is 173 Å². The standard InChI is InChI=1S/C104H164BNO40/c1-100(2,3)145-99(109)106-33-12-11-30-103(8)94-80-87(23-26-90(94)91-29-25-89(83-95(91)103)105-146-102(6,7)101(4,5)110)88-24-28-93-92-27-22-86(85-20-18-84(19-21-85)16-13-17-98(107)108)81-96(92)104(97(93)82-88,31-14-34-113-39-40-116-43-44-118-47-48-120-51-52-122-55-56-124-58-57-123-54-53-121-50-49-119-46-45-117-42-41-115-38-36-111-9)32-15-35-114-59-61-126-128-63-65-130-132-67-69-134-136-71-73-138-140-75-77-142-144-79-78-143-141-76-74-139-137-72-70-135-133-68-66-131-129-64-62-127-125-60-37-112-10/h18-29,80-83,105,110H,11-17,30-79H2,1-10H3,(H,106,109)(H,107,108). The number of carbonyl (C=O) groups is 2. The molecule has 3 N–H and O–H groups in total. The lowest BCUT2D eigenvalue weighted by molar-refractivity contribution is -0.379. The van der Waals surface area contributed by atoms with E-state index in [2.05, 4.69) is 109 Å². The third kappa shape index (κ3) is 53.6. The van der Waals surface area contributed by atoms with Crippen LogP contribution < -0.4 is 10.8 Å². The molecule has 0 heterocycles. The van der Waals surface area contributed by atoms with E-state index >= 15 is 0 Å². The topological polar surface area (TPSA) is 419 Å². The molecular formula is C104H164BNO40. The number of hydrogen-bond donors (Lipinski definition) is 3. The average Bonchev–Trinajstić information content (AvgIpc) is 1.56. The normalized spacial score (nSPS) is 14.5. The van der Waals surface area contributed by atoms with Gasteiger partial charge in [0.15, 0.2) is 0 Å². The molecule has 146 heavy (non-hydrogen) atoms. The largest absolute Gasteiger partial charge is 0.481 e. The van der Waals surface area contributed by atoms with Crippen molar-refractivity contribution >= 4 is 25.0 Å². The molecule has 5 aromatic rings. The number of hydrogen-bond acceptors (Lipinski definition) is 39. The van der Waals surface area contributed by atoms with Crippen molar-refractivity contribution in [1.29, 1.82) is 0 Å². The number of carboxylic acid groups (broad SMARTS) is 1. The number of unbranched alkanes of at least 4 members (excludes halogenated alkanes) is 1. The van der Waals surface area contributed by atoms with E-state index in [1.807, 2.05) is 34.6 Å². The van der Waals surface area contributed by atoms with Crippen LogP contribution in [0.3, 0.4) is 0 Å². The zero-order valence-electron chi connectivity index (χ0n) is 87.7. The molecule has 2 aliphatic carbocycles. The van der Waals surface area contributed by atoms with Gasteiger partial charge in [0.05, 0.1) is 170 Å². The molecule has 2 atom stereocenters. The van der Waals surface area contributed by atoms with Crippen molar-refractivity contribution in [2.75, 3.05) is 325 Å². The number of nitrogens with one attached hydrogen (secondary N) is 1. The highest BCUT2D eigenvalue weighted by Gasteiger charge is 2.45. The minimum absolute atomic E-state index is 0.0714. The van der Waals surface area contributed by atoms with Gasteiger partial charge in [0.2, 0.25) is 0 Å². The molecule has 41 nitrogen and oxygen atoms in total. The molecular weight excluding hydrogens is 1910 g/mol. The molecule has 0 aliphatic heterocycles. The van der Waals surface area contributed by atoms with E-state index in [0.29, 0.717) is 205 Å². The van der Waals surface area contributed by atoms with E-state index in [1.54, 1.807) is 28.1 Å². The van der Waals surface area contributed by atoms with Crippen LogP contribution in [-0.4, -0.2) is 371 Å². The average molecular weight is 2080 g/mol. The Morgan fingerprint density at radius 2 is 0.582 bits per heavy atom. The highest BCUT2D eigenvalue weighted by Crippen LogP contribution is 2.57. The monoisotopic (exact) mass is 2080 g/mol. The van der Waals surface area contributed by atoms with Crippen LogP contribution in [0, 0.1) is 0 Å². The summed E-state index contributed by atoms with van der Waals surface area (Å²) >= 11 is 0. The molecule has 828 valence electrons. The van der Waals surface area contributed by atoms with Gasteiger partial charge in [0.1, 0.15) is 138 Å². The van der Waals surface area contributed by atoms with Crippen LogP contribution in [0.1, 0.15) is 141 Å². The van der Waals surface area contributed by atoms with Gasteiger partial charge in [-0.3, -0.25) is 4.79 Å². The highest BCUT2D eigenvalue weighted by atomic mass is 17.3. The zero-order chi connectivity index (χ0) is 104. The minimum atomic E-state index is -1.08. The van der Waals surface area contributed by atoms with Gasteiger partial charge in [-0.1, -0.05) is 97.7 Å². The molecule has 0 saturated carbocycles. The van der Waals surface area contributed by atoms with Crippen molar-refractivity contribution in [3.63, 3.8) is 0 Å². The van der Waals surface area contributed by atoms with Crippen molar-refractivity contribution in [2.45, 2.75) is 147 Å². The molecule has 0 aromatic heterocycles. The van der Waals surface area contributed by atoms with E-state index in [-0.39, 0.29) is 139 Å². The SMILES string of the molecule is COCCOCCOCCOCCOCCOCCOCCOCCOCCOCCOCCOCCCC1(CCCOCCOOCCOOCCOOCCOOCCOOCCOOCCOOCCOOCCOOCCOOCCOC)c2cc(-c3ccc(CCCC(=O)O)cc3)ccc2-c2ccc(-c3ccc4c(c3)C(C)(CCCCNC(=O)OC(C)(C)C)c3cc(BOC(C)(C)C(C)(C)O)ccc3-4)cc21. The van der Waals surface area contributed by atoms with Crippen LogP contribution in [0.5, 0.6) is 0 Å². The van der Waals surface area contributed by atoms with Crippen molar-refractivity contribution in [1.82, 2.24) is 5.32 Å². The summed E-state index contributed by atoms with van der Waals surface area (Å²) in [5.41, 5.74) is 12.4. The molecule has 2 aliphatic rings. The van der Waals surface area contributed by atoms with E-state index < -0.39 is 39.7 Å². The van der Waals surface area contributed by atoms with Crippen molar-refractivity contribution in [3.05, 3.63) is 125 Å². The van der Waals surface area contributed by atoms with Gasteiger partial charge in [-0.2, -0.15) is 0 Å². The fourth-order valence-electron chi connectivity index (χ4n) is 15.1. The van der Waals surface area contributed by atoms with E-state index in [1.165, 1.54) is 33.4 Å². The molecule has 0 spiro atoms. The number of carboxylic acids is 1. The molecule has 0 bridgehead atoms. The smallest absolute Gasteiger partial charge is 0.407 e. The zero-order valence-corrected chi connectivity index (χ0v) is 87.7. The van der Waals surface area contributed by atoms with Gasteiger partial charge < -0.3 is 91.2 Å².